The molecule has 46 heavy (non-hydrogen) atoms. The highest BCUT2D eigenvalue weighted by molar-refractivity contribution is 6.14. The van der Waals surface area contributed by atoms with Crippen LogP contribution in [0.2, 0.25) is 0 Å². The molecular weight excluding hydrogens is 606 g/mol. The van der Waals surface area contributed by atoms with Crippen LogP contribution < -0.4 is 10.1 Å². The van der Waals surface area contributed by atoms with Crippen LogP contribution in [-0.2, 0) is 4.79 Å². The molecule has 0 aromatic heterocycles. The number of carbonyl (C=O) groups is 2. The van der Waals surface area contributed by atoms with Gasteiger partial charge in [0.15, 0.2) is 34.8 Å². The number of nitrogens with zero attached hydrogens (tertiary/aromatic N) is 2. The van der Waals surface area contributed by atoms with Crippen molar-refractivity contribution in [2.45, 2.75) is 38.1 Å². The summed E-state index contributed by atoms with van der Waals surface area (Å²) in [7, 11) is 0. The van der Waals surface area contributed by atoms with E-state index >= 15 is 0 Å². The van der Waals surface area contributed by atoms with Gasteiger partial charge in [0.2, 0.25) is 0 Å². The van der Waals surface area contributed by atoms with E-state index in [1.807, 2.05) is 0 Å². The SMILES string of the molecule is O=C1/C(=C/c2ccc(F)c(F)c2)CC(NC(=O)c2ccc(OCCN3CCCCC3)c([N+](=O)[O-])c2)C/C1=C\c1ccc(F)c(F)c1. The number of nitro groups is 1. The highest BCUT2D eigenvalue weighted by Gasteiger charge is 2.30. The summed E-state index contributed by atoms with van der Waals surface area (Å²) >= 11 is 0. The molecule has 0 atom stereocenters. The standard InChI is InChI=1S/C34H31F4N3O5/c35-27-7-4-21(16-29(27)37)14-24-18-26(19-25(33(24)42)15-22-5-8-28(36)30(38)17-22)39-34(43)23-6-9-32(31(20-23)41(44)45)46-13-12-40-10-2-1-3-11-40/h4-9,14-17,20,26H,1-3,10-13,18-19H2,(H,39,43)/b24-14+,25-15+. The van der Waals surface area contributed by atoms with Crippen molar-refractivity contribution in [1.82, 2.24) is 10.2 Å². The van der Waals surface area contributed by atoms with E-state index in [4.69, 9.17) is 4.74 Å². The van der Waals surface area contributed by atoms with E-state index in [0.717, 1.165) is 56.3 Å². The maximum Gasteiger partial charge on any atom is 0.311 e. The summed E-state index contributed by atoms with van der Waals surface area (Å²) in [5.74, 6) is -5.43. The molecule has 1 amide bonds. The second kappa shape index (κ2) is 14.5. The molecule has 1 aliphatic carbocycles. The second-order valence-electron chi connectivity index (χ2n) is 11.3. The van der Waals surface area contributed by atoms with Crippen molar-refractivity contribution < 1.29 is 36.8 Å². The van der Waals surface area contributed by atoms with E-state index in [0.29, 0.717) is 6.54 Å². The smallest absolute Gasteiger partial charge is 0.311 e. The zero-order valence-corrected chi connectivity index (χ0v) is 24.7. The normalized spacial score (nSPS) is 19.0. The van der Waals surface area contributed by atoms with Crippen LogP contribution in [0.1, 0.15) is 53.6 Å². The molecular formula is C34H31F4N3O5. The van der Waals surface area contributed by atoms with Crippen molar-refractivity contribution >= 4 is 29.5 Å². The quantitative estimate of drug-likeness (QED) is 0.122. The number of likely N-dealkylation sites (tertiary alicyclic amines) is 1. The van der Waals surface area contributed by atoms with Gasteiger partial charge in [0.1, 0.15) is 6.61 Å². The number of amides is 1. The first-order chi connectivity index (χ1) is 22.1. The van der Waals surface area contributed by atoms with Crippen LogP contribution in [0.15, 0.2) is 65.7 Å². The molecule has 240 valence electrons. The molecule has 1 aliphatic heterocycles. The van der Waals surface area contributed by atoms with Crippen molar-refractivity contribution in [2.24, 2.45) is 0 Å². The molecule has 1 saturated heterocycles. The number of rotatable bonds is 9. The molecule has 8 nitrogen and oxygen atoms in total. The minimum Gasteiger partial charge on any atom is -0.485 e. The number of benzene rings is 3. The van der Waals surface area contributed by atoms with Gasteiger partial charge >= 0.3 is 5.69 Å². The van der Waals surface area contributed by atoms with E-state index in [9.17, 15) is 37.3 Å². The van der Waals surface area contributed by atoms with Crippen molar-refractivity contribution in [2.75, 3.05) is 26.2 Å². The predicted molar refractivity (Wildman–Crippen MR) is 163 cm³/mol. The van der Waals surface area contributed by atoms with Gasteiger partial charge < -0.3 is 10.1 Å². The molecule has 12 heteroatoms. The van der Waals surface area contributed by atoms with Crippen molar-refractivity contribution in [1.29, 1.82) is 0 Å². The van der Waals surface area contributed by atoms with Crippen molar-refractivity contribution in [3.05, 3.63) is 116 Å². The fourth-order valence-electron chi connectivity index (χ4n) is 5.61. The maximum absolute atomic E-state index is 13.9. The summed E-state index contributed by atoms with van der Waals surface area (Å²) in [6.07, 6.45) is 6.11. The lowest BCUT2D eigenvalue weighted by atomic mass is 9.83. The highest BCUT2D eigenvalue weighted by atomic mass is 19.2. The number of ether oxygens (including phenoxy) is 1. The Hall–Kier alpha value is -4.84. The van der Waals surface area contributed by atoms with Gasteiger partial charge in [0.05, 0.1) is 4.92 Å². The van der Waals surface area contributed by atoms with Gasteiger partial charge in [-0.1, -0.05) is 18.6 Å². The first kappa shape index (κ1) is 32.6. The van der Waals surface area contributed by atoms with Crippen LogP contribution in [0.25, 0.3) is 12.2 Å². The molecule has 3 aromatic carbocycles. The largest absolute Gasteiger partial charge is 0.485 e. The highest BCUT2D eigenvalue weighted by Crippen LogP contribution is 2.31. The van der Waals surface area contributed by atoms with Gasteiger partial charge in [-0.2, -0.15) is 0 Å². The Bertz CT molecular complexity index is 1650. The number of ketones is 1. The third-order valence-corrected chi connectivity index (χ3v) is 7.95. The second-order valence-corrected chi connectivity index (χ2v) is 11.3. The summed E-state index contributed by atoms with van der Waals surface area (Å²) < 4.78 is 60.5. The molecule has 0 spiro atoms. The third-order valence-electron chi connectivity index (χ3n) is 7.95. The average molecular weight is 638 g/mol. The molecule has 2 fully saturated rings. The van der Waals surface area contributed by atoms with Crippen molar-refractivity contribution in [3.63, 3.8) is 0 Å². The van der Waals surface area contributed by atoms with E-state index in [1.54, 1.807) is 0 Å². The monoisotopic (exact) mass is 637 g/mol. The number of halogens is 4. The zero-order valence-electron chi connectivity index (χ0n) is 24.7. The Kier molecular flexibility index (Phi) is 10.3. The van der Waals surface area contributed by atoms with Gasteiger partial charge in [-0.15, -0.1) is 0 Å². The van der Waals surface area contributed by atoms with Crippen LogP contribution >= 0.6 is 0 Å². The number of piperidine rings is 1. The molecule has 5 rings (SSSR count). The Labute approximate surface area is 262 Å². The number of nitrogens with one attached hydrogen (secondary N) is 1. The molecule has 1 saturated carbocycles. The summed E-state index contributed by atoms with van der Waals surface area (Å²) in [6, 6.07) is 9.44. The van der Waals surface area contributed by atoms with Gasteiger partial charge in [0.25, 0.3) is 5.91 Å². The van der Waals surface area contributed by atoms with Gasteiger partial charge in [-0.3, -0.25) is 24.6 Å². The maximum atomic E-state index is 13.9. The Morgan fingerprint density at radius 1 is 0.870 bits per heavy atom. The lowest BCUT2D eigenvalue weighted by Gasteiger charge is -2.27. The fourth-order valence-corrected chi connectivity index (χ4v) is 5.61. The van der Waals surface area contributed by atoms with Gasteiger partial charge in [0, 0.05) is 35.4 Å². The molecule has 1 heterocycles. The zero-order chi connectivity index (χ0) is 32.8. The minimum atomic E-state index is -1.11. The number of carbonyl (C=O) groups excluding carboxylic acids is 2. The molecule has 0 radical (unpaired) electrons. The first-order valence-corrected chi connectivity index (χ1v) is 14.9. The lowest BCUT2D eigenvalue weighted by Crippen LogP contribution is -2.39. The van der Waals surface area contributed by atoms with E-state index in [2.05, 4.69) is 10.2 Å². The summed E-state index contributed by atoms with van der Waals surface area (Å²) in [4.78, 5) is 40.2. The van der Waals surface area contributed by atoms with E-state index in [-0.39, 0.29) is 58.7 Å². The van der Waals surface area contributed by atoms with Gasteiger partial charge in [-0.25, -0.2) is 17.6 Å². The predicted octanol–water partition coefficient (Wildman–Crippen LogP) is 6.64. The van der Waals surface area contributed by atoms with Crippen LogP contribution in [0.5, 0.6) is 5.75 Å². The molecule has 2 aliphatic rings. The summed E-state index contributed by atoms with van der Waals surface area (Å²) in [5, 5.41) is 14.6. The minimum absolute atomic E-state index is 0.00151. The Morgan fingerprint density at radius 2 is 1.46 bits per heavy atom. The molecule has 0 unspecified atom stereocenters. The third kappa shape index (κ3) is 8.05. The van der Waals surface area contributed by atoms with Gasteiger partial charge in [-0.05, 0) is 98.4 Å². The van der Waals surface area contributed by atoms with Crippen LogP contribution in [-0.4, -0.2) is 53.8 Å². The van der Waals surface area contributed by atoms with E-state index in [1.165, 1.54) is 42.8 Å². The Balaban J connectivity index is 1.37. The van der Waals surface area contributed by atoms with E-state index < -0.39 is 45.9 Å². The summed E-state index contributed by atoms with van der Waals surface area (Å²) in [6.45, 7) is 2.78. The number of hydrogen-bond donors (Lipinski definition) is 1. The van der Waals surface area contributed by atoms with Crippen LogP contribution in [0, 0.1) is 33.4 Å². The lowest BCUT2D eigenvalue weighted by molar-refractivity contribution is -0.385. The summed E-state index contributed by atoms with van der Waals surface area (Å²) in [5.41, 5.74) is 0.327. The topological polar surface area (TPSA) is 102 Å². The average Bonchev–Trinajstić information content (AvgIpc) is 3.03. The van der Waals surface area contributed by atoms with Crippen molar-refractivity contribution in [3.8, 4) is 5.75 Å². The molecule has 0 bridgehead atoms. The number of hydrogen-bond acceptors (Lipinski definition) is 6. The number of nitro benzene ring substituents is 1. The number of Topliss-reactive ketones (excluding diaryl/α,β-unsaturated/α-hetero) is 1. The fraction of sp³-hybridized carbons (Fsp3) is 0.294. The molecule has 3 aromatic rings. The van der Waals surface area contributed by atoms with Crippen LogP contribution in [0.3, 0.4) is 0 Å². The Morgan fingerprint density at radius 3 is 2.00 bits per heavy atom. The van der Waals surface area contributed by atoms with Crippen LogP contribution in [0.4, 0.5) is 23.2 Å². The first-order valence-electron chi connectivity index (χ1n) is 14.9. The molecule has 1 N–H and O–H groups in total.